The zero-order valence-corrected chi connectivity index (χ0v) is 69.5. The molecule has 0 aliphatic carbocycles. The number of nitrogens with zero attached hydrogens (tertiary/aromatic N) is 12. The smallest absolute Gasteiger partial charge is 0.226 e. The lowest BCUT2D eigenvalue weighted by Crippen LogP contribution is -2.25. The average Bonchev–Trinajstić information content (AvgIpc) is 1.42. The van der Waals surface area contributed by atoms with Crippen molar-refractivity contribution in [3.63, 3.8) is 0 Å². The Morgan fingerprint density at radius 1 is 0.400 bits per heavy atom. The van der Waals surface area contributed by atoms with E-state index < -0.39 is 0 Å². The maximum Gasteiger partial charge on any atom is 0.226 e. The average molecular weight is 1620 g/mol. The third-order valence-electron chi connectivity index (χ3n) is 18.7. The predicted octanol–water partition coefficient (Wildman–Crippen LogP) is 18.9. The van der Waals surface area contributed by atoms with Gasteiger partial charge >= 0.3 is 0 Å². The molecule has 0 aliphatic rings. The quantitative estimate of drug-likeness (QED) is 0.0433. The van der Waals surface area contributed by atoms with Crippen LogP contribution in [0.2, 0.25) is 10.0 Å². The summed E-state index contributed by atoms with van der Waals surface area (Å²) >= 11 is 15.8. The van der Waals surface area contributed by atoms with E-state index in [1.54, 1.807) is 122 Å². The number of hydrogen-bond acceptors (Lipinski definition) is 19. The molecule has 0 saturated carbocycles. The van der Waals surface area contributed by atoms with E-state index in [9.17, 15) is 38.4 Å². The molecule has 21 nitrogen and oxygen atoms in total. The predicted molar refractivity (Wildman–Crippen MR) is 458 cm³/mol. The summed E-state index contributed by atoms with van der Waals surface area (Å²) in [5.74, 6) is 0.764. The molecule has 25 heteroatoms. The maximum absolute atomic E-state index is 12.6. The fraction of sp³-hybridized carbons (Fsp3) is 0.244. The van der Waals surface area contributed by atoms with E-state index in [1.807, 2.05) is 187 Å². The molecule has 115 heavy (non-hydrogen) atoms. The van der Waals surface area contributed by atoms with Gasteiger partial charge in [0, 0.05) is 181 Å². The molecule has 0 bridgehead atoms. The van der Waals surface area contributed by atoms with Gasteiger partial charge in [-0.3, -0.25) is 63.3 Å². The summed E-state index contributed by atoms with van der Waals surface area (Å²) in [6.45, 7) is 13.1. The second-order valence-corrected chi connectivity index (χ2v) is 29.3. The van der Waals surface area contributed by atoms with Crippen molar-refractivity contribution in [1.29, 1.82) is 0 Å². The molecule has 0 N–H and O–H groups in total. The number of thiazole rings is 2. The fourth-order valence-corrected chi connectivity index (χ4v) is 13.9. The molecule has 0 unspecified atom stereocenters. The number of hydrogen-bond donors (Lipinski definition) is 0. The molecule has 590 valence electrons. The molecule has 12 aromatic rings. The summed E-state index contributed by atoms with van der Waals surface area (Å²) in [6, 6.07) is 48.0. The highest BCUT2D eigenvalue weighted by atomic mass is 35.5. The molecule has 8 heterocycles. The minimum Gasteiger partial charge on any atom is -0.481 e. The lowest BCUT2D eigenvalue weighted by molar-refractivity contribution is -0.118. The summed E-state index contributed by atoms with van der Waals surface area (Å²) in [5.41, 5.74) is 16.6. The van der Waals surface area contributed by atoms with Crippen LogP contribution in [0.5, 0.6) is 5.88 Å². The molecule has 4 aromatic carbocycles. The number of rotatable bonds is 27. The van der Waals surface area contributed by atoms with Crippen molar-refractivity contribution in [1.82, 2.24) is 39.9 Å². The van der Waals surface area contributed by atoms with Gasteiger partial charge in [0.05, 0.1) is 70.8 Å². The SMILES string of the molecule is CCC(=O)N(C)c1ccc(-c2ccc(C(=O)CCc3cccnc3C)cc2)nc1.CCC(=O)N(C)c1ccc(-c2ccc(C(=O)CCc3cccnc3OC)cc2)nc1.CCC(=O)N(C)c1ccc(-c2ccc(C(=O)Cc3nc(C)cs3)cn2)c(Cl)c1.CCC(=O)N(C)c1ccc(-c2ccc(C(=O)Cc3nc(C)cs3)nc2)c(Cl)c1. The largest absolute Gasteiger partial charge is 0.481 e. The summed E-state index contributed by atoms with van der Waals surface area (Å²) in [4.78, 5) is 138. The number of methoxy groups -OCH3 is 1. The van der Waals surface area contributed by atoms with Crippen LogP contribution in [0.4, 0.5) is 22.7 Å². The molecule has 0 aliphatic heterocycles. The van der Waals surface area contributed by atoms with Gasteiger partial charge in [-0.15, -0.1) is 22.7 Å². The van der Waals surface area contributed by atoms with Crippen LogP contribution in [0.3, 0.4) is 0 Å². The van der Waals surface area contributed by atoms with E-state index >= 15 is 0 Å². The van der Waals surface area contributed by atoms with E-state index in [1.165, 1.54) is 22.7 Å². The molecule has 0 radical (unpaired) electrons. The fourth-order valence-electron chi connectivity index (χ4n) is 11.8. The lowest BCUT2D eigenvalue weighted by atomic mass is 10.0. The zero-order chi connectivity index (χ0) is 82.8. The van der Waals surface area contributed by atoms with Crippen molar-refractivity contribution in [3.8, 4) is 50.8 Å². The normalized spacial score (nSPS) is 10.6. The number of ether oxygens (including phenoxy) is 1. The molecule has 0 saturated heterocycles. The van der Waals surface area contributed by atoms with Gasteiger partial charge in [-0.1, -0.05) is 124 Å². The Morgan fingerprint density at radius 2 is 0.817 bits per heavy atom. The highest BCUT2D eigenvalue weighted by Crippen LogP contribution is 2.34. The minimum absolute atomic E-state index is 0.0141. The molecule has 12 rings (SSSR count). The van der Waals surface area contributed by atoms with Crippen molar-refractivity contribution in [3.05, 3.63) is 276 Å². The molecule has 8 aromatic heterocycles. The topological polar surface area (TPSA) is 262 Å². The van der Waals surface area contributed by atoms with Crippen LogP contribution >= 0.6 is 45.9 Å². The zero-order valence-electron chi connectivity index (χ0n) is 66.3. The Bertz CT molecular complexity index is 5210. The second-order valence-electron chi connectivity index (χ2n) is 26.6. The van der Waals surface area contributed by atoms with Crippen molar-refractivity contribution in [2.75, 3.05) is 54.9 Å². The number of anilines is 4. The van der Waals surface area contributed by atoms with Crippen molar-refractivity contribution in [2.45, 2.75) is 113 Å². The first-order valence-electron chi connectivity index (χ1n) is 37.3. The van der Waals surface area contributed by atoms with Crippen molar-refractivity contribution < 1.29 is 43.1 Å². The lowest BCUT2D eigenvalue weighted by Gasteiger charge is -2.17. The van der Waals surface area contributed by atoms with Gasteiger partial charge in [0.1, 0.15) is 15.7 Å². The molecule has 0 atom stereocenters. The number of aromatic nitrogens is 8. The molecule has 0 fully saturated rings. The first-order chi connectivity index (χ1) is 55.3. The van der Waals surface area contributed by atoms with Crippen LogP contribution < -0.4 is 24.3 Å². The highest BCUT2D eigenvalue weighted by molar-refractivity contribution is 7.10. The number of carbonyl (C=O) groups excluding carboxylic acids is 8. The van der Waals surface area contributed by atoms with Gasteiger partial charge in [0.15, 0.2) is 23.1 Å². The Labute approximate surface area is 688 Å². The van der Waals surface area contributed by atoms with E-state index in [-0.39, 0.29) is 59.6 Å². The standard InChI is InChI=1S/C24H25N3O3.C24H25N3O2.2C21H20ClN3O2S/c1-4-23(29)27(2)20-12-13-21(26-16-20)17-7-9-18(10-8-17)22(28)14-11-19-6-5-15-25-24(19)30-3;1-4-24(29)27(3)21-12-13-22(26-16-21)19-7-9-20(10-8-19)23(28)14-11-18-6-5-15-25-17(18)2;1-4-21(27)25(3)15-6-7-16(17(22)9-15)18-8-5-14(11-23-18)19(26)10-20-24-13(2)12-28-20;1-4-21(27)25(3)15-6-7-16(17(22)9-15)14-5-8-18(23-11-14)19(26)10-20-24-13(2)12-28-20/h5-10,12-13,15-16H,4,11,14H2,1-3H3;5-10,12-13,15-16H,4,11,14H2,1-3H3;2*5-9,11-12H,4,10H2,1-3H3. The minimum atomic E-state index is -0.0675. The molecule has 4 amide bonds. The van der Waals surface area contributed by atoms with Crippen LogP contribution in [0.15, 0.2) is 206 Å². The van der Waals surface area contributed by atoms with Crippen LogP contribution in [-0.2, 0) is 44.9 Å². The summed E-state index contributed by atoms with van der Waals surface area (Å²) in [6.07, 6.45) is 14.4. The summed E-state index contributed by atoms with van der Waals surface area (Å²) in [7, 11) is 8.51. The maximum atomic E-state index is 12.6. The molecular weight excluding hydrogens is 1530 g/mol. The molecular formula is C90H90Cl2N12O9S2. The Balaban J connectivity index is 0.000000175. The number of amides is 4. The summed E-state index contributed by atoms with van der Waals surface area (Å²) in [5, 5.41) is 6.47. The monoisotopic (exact) mass is 1620 g/mol. The van der Waals surface area contributed by atoms with Crippen LogP contribution in [0, 0.1) is 20.8 Å². The highest BCUT2D eigenvalue weighted by Gasteiger charge is 2.20. The first kappa shape index (κ1) is 87.0. The Hall–Kier alpha value is -12.0. The third kappa shape index (κ3) is 24.0. The number of aryl methyl sites for hydroxylation is 5. The van der Waals surface area contributed by atoms with Gasteiger partial charge in [-0.25, -0.2) is 15.0 Å². The van der Waals surface area contributed by atoms with Gasteiger partial charge in [-0.05, 0) is 124 Å². The number of ketones is 4. The Kier molecular flexibility index (Phi) is 31.9. The van der Waals surface area contributed by atoms with Crippen LogP contribution in [0.25, 0.3) is 44.9 Å². The van der Waals surface area contributed by atoms with Gasteiger partial charge in [-0.2, -0.15) is 0 Å². The van der Waals surface area contributed by atoms with E-state index in [0.29, 0.717) is 95.4 Å². The van der Waals surface area contributed by atoms with Gasteiger partial charge in [0.2, 0.25) is 29.5 Å². The van der Waals surface area contributed by atoms with Gasteiger partial charge in [0.25, 0.3) is 0 Å². The number of Topliss-reactive ketones (excluding diaryl/α,β-unsaturated/α-hetero) is 4. The Morgan fingerprint density at radius 3 is 1.23 bits per heavy atom. The van der Waals surface area contributed by atoms with Crippen molar-refractivity contribution in [2.24, 2.45) is 0 Å². The summed E-state index contributed by atoms with van der Waals surface area (Å²) < 4.78 is 5.24. The van der Waals surface area contributed by atoms with Crippen LogP contribution in [-0.4, -0.2) is 122 Å². The van der Waals surface area contributed by atoms with Crippen molar-refractivity contribution >= 4 is 115 Å². The number of halogens is 2. The van der Waals surface area contributed by atoms with E-state index in [0.717, 1.165) is 100 Å². The number of benzene rings is 4. The van der Waals surface area contributed by atoms with Crippen LogP contribution in [0.1, 0.15) is 146 Å². The van der Waals surface area contributed by atoms with E-state index in [2.05, 4.69) is 39.9 Å². The molecule has 0 spiro atoms. The second kappa shape index (κ2) is 42.2. The first-order valence-corrected chi connectivity index (χ1v) is 39.9. The van der Waals surface area contributed by atoms with E-state index in [4.69, 9.17) is 27.9 Å². The number of carbonyl (C=O) groups is 8. The van der Waals surface area contributed by atoms with Gasteiger partial charge < -0.3 is 24.3 Å². The third-order valence-corrected chi connectivity index (χ3v) is 21.3. The number of pyridine rings is 6.